The minimum atomic E-state index is -4.51. The first-order chi connectivity index (χ1) is 9.61. The van der Waals surface area contributed by atoms with Crippen molar-refractivity contribution in [3.8, 4) is 0 Å². The van der Waals surface area contributed by atoms with Crippen LogP contribution in [0.25, 0.3) is 0 Å². The molecule has 21 heavy (non-hydrogen) atoms. The maximum atomic E-state index is 11.9. The Hall–Kier alpha value is -1.48. The molecule has 0 spiro atoms. The van der Waals surface area contributed by atoms with Crippen LogP contribution in [0.3, 0.4) is 0 Å². The molecule has 2 atom stereocenters. The topological polar surface area (TPSA) is 156 Å². The lowest BCUT2D eigenvalue weighted by Crippen LogP contribution is -2.51. The fourth-order valence-corrected chi connectivity index (χ4v) is 2.32. The molecule has 0 aromatic carbocycles. The first-order valence-electron chi connectivity index (χ1n) is 6.25. The molecule has 2 amide bonds. The van der Waals surface area contributed by atoms with Gasteiger partial charge in [0.2, 0.25) is 11.8 Å². The molecule has 0 aliphatic carbocycles. The smallest absolute Gasteiger partial charge is 0.400 e. The summed E-state index contributed by atoms with van der Waals surface area (Å²) in [6.07, 6.45) is 0.932. The first kappa shape index (κ1) is 17.6. The molecule has 1 rings (SSSR count). The van der Waals surface area contributed by atoms with Crippen molar-refractivity contribution in [3.05, 3.63) is 0 Å². The normalized spacial score (nSPS) is 20.1. The number of carboxylic acids is 1. The monoisotopic (exact) mass is 323 g/mol. The number of rotatable bonds is 6. The maximum Gasteiger partial charge on any atom is 0.400 e. The second-order valence-corrected chi connectivity index (χ2v) is 6.10. The average Bonchev–Trinajstić information content (AvgIpc) is 2.83. The Bertz CT molecular complexity index is 477. The van der Waals surface area contributed by atoms with E-state index in [1.54, 1.807) is 5.09 Å². The minimum Gasteiger partial charge on any atom is -0.480 e. The first-order valence-corrected chi connectivity index (χ1v) is 7.86. The van der Waals surface area contributed by atoms with Crippen molar-refractivity contribution in [3.63, 3.8) is 0 Å². The molecule has 5 N–H and O–H groups in total. The fourth-order valence-electron chi connectivity index (χ4n) is 1.98. The van der Waals surface area contributed by atoms with E-state index in [4.69, 9.17) is 14.9 Å². The molecular formula is C10H18N3O7P. The number of carboxylic acid groups (broad SMARTS) is 1. The summed E-state index contributed by atoms with van der Waals surface area (Å²) in [5.41, 5.74) is 0. The van der Waals surface area contributed by atoms with Crippen LogP contribution in [0.2, 0.25) is 0 Å². The SMILES string of the molecule is C[C@H](NC(=O)[C@@H]1CCCN1C(=O)CNP(=O)(O)O)C(=O)O. The molecule has 0 radical (unpaired) electrons. The van der Waals surface area contributed by atoms with E-state index >= 15 is 0 Å². The van der Waals surface area contributed by atoms with E-state index < -0.39 is 44.2 Å². The third kappa shape index (κ3) is 5.43. The van der Waals surface area contributed by atoms with Crippen LogP contribution < -0.4 is 10.4 Å². The van der Waals surface area contributed by atoms with Crippen LogP contribution in [0.4, 0.5) is 0 Å². The zero-order chi connectivity index (χ0) is 16.2. The second-order valence-electron chi connectivity index (χ2n) is 4.69. The van der Waals surface area contributed by atoms with Crippen molar-refractivity contribution in [2.45, 2.75) is 31.8 Å². The molecule has 0 aromatic rings. The molecule has 120 valence electrons. The van der Waals surface area contributed by atoms with Crippen molar-refractivity contribution in [1.82, 2.24) is 15.3 Å². The lowest BCUT2D eigenvalue weighted by molar-refractivity contribution is -0.143. The summed E-state index contributed by atoms with van der Waals surface area (Å²) < 4.78 is 10.7. The van der Waals surface area contributed by atoms with Crippen LogP contribution in [-0.2, 0) is 18.9 Å². The number of nitrogens with zero attached hydrogens (tertiary/aromatic N) is 1. The lowest BCUT2D eigenvalue weighted by Gasteiger charge is -2.25. The van der Waals surface area contributed by atoms with Crippen molar-refractivity contribution >= 4 is 25.5 Å². The Morgan fingerprint density at radius 3 is 2.52 bits per heavy atom. The van der Waals surface area contributed by atoms with Gasteiger partial charge in [0, 0.05) is 6.54 Å². The second kappa shape index (κ2) is 6.99. The van der Waals surface area contributed by atoms with Crippen molar-refractivity contribution < 1.29 is 33.8 Å². The van der Waals surface area contributed by atoms with E-state index in [0.29, 0.717) is 12.8 Å². The summed E-state index contributed by atoms with van der Waals surface area (Å²) in [4.78, 5) is 53.0. The molecule has 1 saturated heterocycles. The summed E-state index contributed by atoms with van der Waals surface area (Å²) in [6.45, 7) is 0.987. The Morgan fingerprint density at radius 2 is 2.00 bits per heavy atom. The summed E-state index contributed by atoms with van der Waals surface area (Å²) >= 11 is 0. The number of carbonyl (C=O) groups excluding carboxylic acids is 2. The van der Waals surface area contributed by atoms with Gasteiger partial charge < -0.3 is 25.1 Å². The highest BCUT2D eigenvalue weighted by atomic mass is 31.2. The third-order valence-corrected chi connectivity index (χ3v) is 3.61. The molecule has 11 heteroatoms. The van der Waals surface area contributed by atoms with E-state index in [1.165, 1.54) is 11.8 Å². The lowest BCUT2D eigenvalue weighted by atomic mass is 10.2. The molecule has 1 heterocycles. The average molecular weight is 323 g/mol. The van der Waals surface area contributed by atoms with E-state index in [1.807, 2.05) is 0 Å². The molecule has 1 fully saturated rings. The Kier molecular flexibility index (Phi) is 5.85. The summed E-state index contributed by atoms with van der Waals surface area (Å²) in [5, 5.41) is 12.8. The number of likely N-dealkylation sites (tertiary alicyclic amines) is 1. The number of carbonyl (C=O) groups is 3. The van der Waals surface area contributed by atoms with Crippen LogP contribution in [0.5, 0.6) is 0 Å². The van der Waals surface area contributed by atoms with Gasteiger partial charge in [0.25, 0.3) is 0 Å². The van der Waals surface area contributed by atoms with Gasteiger partial charge in [-0.05, 0) is 19.8 Å². The van der Waals surface area contributed by atoms with E-state index in [9.17, 15) is 18.9 Å². The van der Waals surface area contributed by atoms with Gasteiger partial charge in [-0.2, -0.15) is 0 Å². The fraction of sp³-hybridized carbons (Fsp3) is 0.700. The number of hydrogen-bond acceptors (Lipinski definition) is 4. The van der Waals surface area contributed by atoms with Crippen LogP contribution >= 0.6 is 7.75 Å². The number of amides is 2. The quantitative estimate of drug-likeness (QED) is 0.360. The third-order valence-electron chi connectivity index (χ3n) is 3.04. The molecule has 0 bridgehead atoms. The standard InChI is InChI=1S/C10H18N3O7P/c1-6(10(16)17)12-9(15)7-3-2-4-13(7)8(14)5-11-21(18,19)20/h6-7H,2-5H2,1H3,(H,12,15)(H,16,17)(H3,11,18,19,20)/t6-,7-/m0/s1. The van der Waals surface area contributed by atoms with E-state index in [2.05, 4.69) is 5.32 Å². The van der Waals surface area contributed by atoms with Gasteiger partial charge >= 0.3 is 13.7 Å². The molecular weight excluding hydrogens is 305 g/mol. The Labute approximate surface area is 120 Å². The van der Waals surface area contributed by atoms with Crippen molar-refractivity contribution in [2.24, 2.45) is 0 Å². The van der Waals surface area contributed by atoms with E-state index in [-0.39, 0.29) is 6.54 Å². The Morgan fingerprint density at radius 1 is 1.38 bits per heavy atom. The van der Waals surface area contributed by atoms with Crippen LogP contribution in [0.1, 0.15) is 19.8 Å². The highest BCUT2D eigenvalue weighted by Gasteiger charge is 2.35. The molecule has 0 saturated carbocycles. The predicted octanol–water partition coefficient (Wildman–Crippen LogP) is -1.75. The molecule has 1 aliphatic rings. The zero-order valence-corrected chi connectivity index (χ0v) is 12.2. The molecule has 0 unspecified atom stereocenters. The van der Waals surface area contributed by atoms with E-state index in [0.717, 1.165) is 0 Å². The van der Waals surface area contributed by atoms with Crippen molar-refractivity contribution in [2.75, 3.05) is 13.1 Å². The number of nitrogens with one attached hydrogen (secondary N) is 2. The van der Waals surface area contributed by atoms with Crippen LogP contribution in [0.15, 0.2) is 0 Å². The van der Waals surface area contributed by atoms with Gasteiger partial charge in [-0.15, -0.1) is 0 Å². The van der Waals surface area contributed by atoms with Gasteiger partial charge in [0.1, 0.15) is 12.1 Å². The van der Waals surface area contributed by atoms with Crippen LogP contribution in [0, 0.1) is 0 Å². The number of aliphatic carboxylic acids is 1. The summed E-state index contributed by atoms with van der Waals surface area (Å²) in [6, 6.07) is -1.90. The minimum absolute atomic E-state index is 0.279. The maximum absolute atomic E-state index is 11.9. The Balaban J connectivity index is 2.62. The van der Waals surface area contributed by atoms with Gasteiger partial charge in [-0.1, -0.05) is 0 Å². The van der Waals surface area contributed by atoms with Gasteiger partial charge in [-0.25, -0.2) is 9.65 Å². The molecule has 0 aromatic heterocycles. The highest BCUT2D eigenvalue weighted by molar-refractivity contribution is 7.49. The number of hydrogen-bond donors (Lipinski definition) is 5. The molecule has 10 nitrogen and oxygen atoms in total. The zero-order valence-electron chi connectivity index (χ0n) is 11.4. The summed E-state index contributed by atoms with van der Waals surface area (Å²) in [7, 11) is -4.51. The highest BCUT2D eigenvalue weighted by Crippen LogP contribution is 2.27. The van der Waals surface area contributed by atoms with Gasteiger partial charge in [0.15, 0.2) is 0 Å². The van der Waals surface area contributed by atoms with Gasteiger partial charge in [0.05, 0.1) is 6.54 Å². The summed E-state index contributed by atoms with van der Waals surface area (Å²) in [5.74, 6) is -2.41. The van der Waals surface area contributed by atoms with Crippen molar-refractivity contribution in [1.29, 1.82) is 0 Å². The van der Waals surface area contributed by atoms with Gasteiger partial charge in [-0.3, -0.25) is 14.4 Å². The largest absolute Gasteiger partial charge is 0.480 e. The van der Waals surface area contributed by atoms with Crippen LogP contribution in [-0.4, -0.2) is 62.8 Å². The molecule has 1 aliphatic heterocycles. The predicted molar refractivity (Wildman–Crippen MR) is 70.0 cm³/mol.